The maximum absolute atomic E-state index is 13.0. The molecule has 2 fully saturated rings. The minimum Gasteiger partial charge on any atom is -0.423 e. The highest BCUT2D eigenvalue weighted by atomic mass is 16.4. The van der Waals surface area contributed by atoms with E-state index in [1.54, 1.807) is 0 Å². The van der Waals surface area contributed by atoms with E-state index >= 15 is 0 Å². The minimum atomic E-state index is -0.0823. The van der Waals surface area contributed by atoms with Crippen molar-refractivity contribution in [2.24, 2.45) is 0 Å². The van der Waals surface area contributed by atoms with E-state index in [9.17, 15) is 4.79 Å². The first kappa shape index (κ1) is 17.3. The Morgan fingerprint density at radius 2 is 1.71 bits per heavy atom. The third-order valence-electron chi connectivity index (χ3n) is 5.79. The van der Waals surface area contributed by atoms with E-state index in [4.69, 9.17) is 4.42 Å². The largest absolute Gasteiger partial charge is 0.423 e. The molecule has 28 heavy (non-hydrogen) atoms. The molecule has 0 aliphatic carbocycles. The molecule has 2 aliphatic rings. The molecule has 0 spiro atoms. The first-order valence-corrected chi connectivity index (χ1v) is 9.98. The van der Waals surface area contributed by atoms with Crippen LogP contribution >= 0.6 is 0 Å². The summed E-state index contributed by atoms with van der Waals surface area (Å²) in [5.41, 5.74) is 2.94. The molecule has 6 heteroatoms. The number of hydrogen-bond donors (Lipinski definition) is 1. The predicted molar refractivity (Wildman–Crippen MR) is 108 cm³/mol. The summed E-state index contributed by atoms with van der Waals surface area (Å²) in [4.78, 5) is 21.6. The molecule has 0 bridgehead atoms. The molecule has 3 aromatic rings. The van der Waals surface area contributed by atoms with Gasteiger partial charge in [0, 0.05) is 32.2 Å². The topological polar surface area (TPSA) is 61.6 Å². The molecular formula is C22H24N4O2. The molecule has 2 atom stereocenters. The summed E-state index contributed by atoms with van der Waals surface area (Å²) in [6, 6.07) is 19.0. The number of aromatic nitrogens is 1. The van der Waals surface area contributed by atoms with Gasteiger partial charge in [-0.15, -0.1) is 0 Å². The van der Waals surface area contributed by atoms with Crippen molar-refractivity contribution in [1.82, 2.24) is 15.2 Å². The van der Waals surface area contributed by atoms with E-state index in [0.29, 0.717) is 19.1 Å². The number of fused-ring (bicyclic) bond motifs is 1. The van der Waals surface area contributed by atoms with Crippen LogP contribution in [0.4, 0.5) is 6.01 Å². The second kappa shape index (κ2) is 7.28. The van der Waals surface area contributed by atoms with Gasteiger partial charge in [0.2, 0.25) is 5.91 Å². The number of nitrogens with zero attached hydrogens (tertiary/aromatic N) is 3. The molecule has 1 amide bonds. The second-order valence-corrected chi connectivity index (χ2v) is 7.54. The Labute approximate surface area is 164 Å². The maximum atomic E-state index is 13.0. The lowest BCUT2D eigenvalue weighted by molar-refractivity contribution is -0.133. The quantitative estimate of drug-likeness (QED) is 0.762. The molecule has 2 aliphatic heterocycles. The summed E-state index contributed by atoms with van der Waals surface area (Å²) in [5, 5.41) is 3.53. The van der Waals surface area contributed by atoms with Crippen LogP contribution in [0, 0.1) is 0 Å². The Hall–Kier alpha value is -2.86. The van der Waals surface area contributed by atoms with Gasteiger partial charge < -0.3 is 14.2 Å². The van der Waals surface area contributed by atoms with E-state index in [1.165, 1.54) is 5.56 Å². The Balaban J connectivity index is 1.19. The van der Waals surface area contributed by atoms with Gasteiger partial charge in [-0.3, -0.25) is 10.1 Å². The molecule has 2 saturated heterocycles. The molecule has 3 heterocycles. The monoisotopic (exact) mass is 376 g/mol. The van der Waals surface area contributed by atoms with Gasteiger partial charge in [-0.1, -0.05) is 42.5 Å². The zero-order chi connectivity index (χ0) is 18.9. The summed E-state index contributed by atoms with van der Waals surface area (Å²) >= 11 is 0. The van der Waals surface area contributed by atoms with Crippen LogP contribution in [0.1, 0.15) is 24.4 Å². The van der Waals surface area contributed by atoms with Crippen LogP contribution in [0.25, 0.3) is 11.1 Å². The number of oxazole rings is 1. The second-order valence-electron chi connectivity index (χ2n) is 7.54. The summed E-state index contributed by atoms with van der Waals surface area (Å²) < 4.78 is 5.87. The third kappa shape index (κ3) is 3.24. The zero-order valence-electron chi connectivity index (χ0n) is 15.8. The average molecular weight is 376 g/mol. The third-order valence-corrected chi connectivity index (χ3v) is 5.79. The van der Waals surface area contributed by atoms with Crippen molar-refractivity contribution >= 4 is 23.0 Å². The smallest absolute Gasteiger partial charge is 0.298 e. The van der Waals surface area contributed by atoms with Crippen molar-refractivity contribution < 1.29 is 9.21 Å². The van der Waals surface area contributed by atoms with Gasteiger partial charge in [-0.2, -0.15) is 4.98 Å². The van der Waals surface area contributed by atoms with Crippen LogP contribution in [-0.2, 0) is 4.79 Å². The van der Waals surface area contributed by atoms with Crippen molar-refractivity contribution in [3.63, 3.8) is 0 Å². The van der Waals surface area contributed by atoms with Crippen molar-refractivity contribution in [2.75, 3.05) is 31.1 Å². The van der Waals surface area contributed by atoms with Gasteiger partial charge in [0.15, 0.2) is 5.58 Å². The molecule has 6 nitrogen and oxygen atoms in total. The van der Waals surface area contributed by atoms with E-state index in [0.717, 1.165) is 37.0 Å². The van der Waals surface area contributed by atoms with Crippen LogP contribution in [0.2, 0.25) is 0 Å². The molecule has 5 rings (SSSR count). The van der Waals surface area contributed by atoms with E-state index in [2.05, 4.69) is 39.5 Å². The Morgan fingerprint density at radius 1 is 0.964 bits per heavy atom. The van der Waals surface area contributed by atoms with Crippen LogP contribution in [-0.4, -0.2) is 48.0 Å². The predicted octanol–water partition coefficient (Wildman–Crippen LogP) is 2.97. The number of anilines is 1. The van der Waals surface area contributed by atoms with Crippen molar-refractivity contribution in [3.8, 4) is 0 Å². The Kier molecular flexibility index (Phi) is 4.49. The van der Waals surface area contributed by atoms with Crippen LogP contribution in [0.5, 0.6) is 0 Å². The van der Waals surface area contributed by atoms with E-state index in [-0.39, 0.29) is 18.0 Å². The molecule has 0 radical (unpaired) electrons. The lowest BCUT2D eigenvalue weighted by Gasteiger charge is -2.35. The number of piperazine rings is 1. The normalized spacial score (nSPS) is 22.7. The molecule has 2 aromatic carbocycles. The SMILES string of the molecule is O=C([C@H]1CC[C@H](c2ccccc2)N1)N1CCN(c2nc3ccccc3o2)CC1. The first-order valence-electron chi connectivity index (χ1n) is 9.98. The number of para-hydroxylation sites is 2. The van der Waals surface area contributed by atoms with Crippen LogP contribution in [0.3, 0.4) is 0 Å². The van der Waals surface area contributed by atoms with Gasteiger partial charge in [0.05, 0.1) is 6.04 Å². The highest BCUT2D eigenvalue weighted by molar-refractivity contribution is 5.82. The van der Waals surface area contributed by atoms with Crippen molar-refractivity contribution in [1.29, 1.82) is 0 Å². The summed E-state index contributed by atoms with van der Waals surface area (Å²) in [6.07, 6.45) is 1.90. The number of carbonyl (C=O) groups is 1. The number of benzene rings is 2. The first-order chi connectivity index (χ1) is 13.8. The van der Waals surface area contributed by atoms with Gasteiger partial charge in [-0.05, 0) is 30.5 Å². The summed E-state index contributed by atoms with van der Waals surface area (Å²) in [5.74, 6) is 0.218. The summed E-state index contributed by atoms with van der Waals surface area (Å²) in [6.45, 7) is 2.89. The van der Waals surface area contributed by atoms with Crippen LogP contribution < -0.4 is 10.2 Å². The fourth-order valence-electron chi connectivity index (χ4n) is 4.22. The number of nitrogens with one attached hydrogen (secondary N) is 1. The molecular weight excluding hydrogens is 352 g/mol. The lowest BCUT2D eigenvalue weighted by atomic mass is 10.1. The van der Waals surface area contributed by atoms with Gasteiger partial charge in [0.1, 0.15) is 5.52 Å². The molecule has 0 saturated carbocycles. The molecule has 1 aromatic heterocycles. The van der Waals surface area contributed by atoms with Crippen molar-refractivity contribution in [2.45, 2.75) is 24.9 Å². The lowest BCUT2D eigenvalue weighted by Crippen LogP contribution is -2.53. The van der Waals surface area contributed by atoms with Gasteiger partial charge in [0.25, 0.3) is 6.01 Å². The summed E-state index contributed by atoms with van der Waals surface area (Å²) in [7, 11) is 0. The van der Waals surface area contributed by atoms with Gasteiger partial charge >= 0.3 is 0 Å². The highest BCUT2D eigenvalue weighted by Crippen LogP contribution is 2.28. The number of rotatable bonds is 3. The maximum Gasteiger partial charge on any atom is 0.298 e. The molecule has 0 unspecified atom stereocenters. The molecule has 1 N–H and O–H groups in total. The fourth-order valence-corrected chi connectivity index (χ4v) is 4.22. The standard InChI is InChI=1S/C22H24N4O2/c27-21(19-11-10-17(23-19)16-6-2-1-3-7-16)25-12-14-26(15-13-25)22-24-18-8-4-5-9-20(18)28-22/h1-9,17,19,23H,10-15H2/t17-,19-/m1/s1. The molecule has 144 valence electrons. The number of hydrogen-bond acceptors (Lipinski definition) is 5. The Morgan fingerprint density at radius 3 is 2.50 bits per heavy atom. The van der Waals surface area contributed by atoms with E-state index in [1.807, 2.05) is 35.2 Å². The minimum absolute atomic E-state index is 0.0823. The zero-order valence-corrected chi connectivity index (χ0v) is 15.8. The van der Waals surface area contributed by atoms with E-state index < -0.39 is 0 Å². The Bertz CT molecular complexity index is 930. The fraction of sp³-hybridized carbons (Fsp3) is 0.364. The van der Waals surface area contributed by atoms with Crippen molar-refractivity contribution in [3.05, 3.63) is 60.2 Å². The number of amides is 1. The highest BCUT2D eigenvalue weighted by Gasteiger charge is 2.34. The van der Waals surface area contributed by atoms with Crippen LogP contribution in [0.15, 0.2) is 59.0 Å². The number of carbonyl (C=O) groups excluding carboxylic acids is 1. The van der Waals surface area contributed by atoms with Gasteiger partial charge in [-0.25, -0.2) is 0 Å². The average Bonchev–Trinajstić information content (AvgIpc) is 3.41.